The van der Waals surface area contributed by atoms with Crippen LogP contribution < -0.4 is 19.6 Å². The predicted molar refractivity (Wildman–Crippen MR) is 125 cm³/mol. The fourth-order valence-corrected chi connectivity index (χ4v) is 4.81. The maximum Gasteiger partial charge on any atom is 0.338 e. The fourth-order valence-electron chi connectivity index (χ4n) is 3.64. The molecule has 0 radical (unpaired) electrons. The average Bonchev–Trinajstić information content (AvgIpc) is 3.07. The molecule has 0 aliphatic carbocycles. The Labute approximate surface area is 197 Å². The van der Waals surface area contributed by atoms with Gasteiger partial charge in [-0.15, -0.1) is 0 Å². The lowest BCUT2D eigenvalue weighted by molar-refractivity contribution is -0.136. The highest BCUT2D eigenvalue weighted by Gasteiger charge is 2.33. The normalized spacial score (nSPS) is 15.6. The van der Waals surface area contributed by atoms with E-state index >= 15 is 0 Å². The third-order valence-corrected chi connectivity index (χ3v) is 6.27. The number of benzene rings is 2. The number of fused-ring (bicyclic) bond motifs is 1. The summed E-state index contributed by atoms with van der Waals surface area (Å²) in [7, 11) is 1.29. The number of allylic oxidation sites excluding steroid dienone is 1. The molecule has 0 unspecified atom stereocenters. The van der Waals surface area contributed by atoms with Crippen molar-refractivity contribution in [3.8, 4) is 5.75 Å². The molecule has 9 heteroatoms. The Hall–Kier alpha value is -3.49. The van der Waals surface area contributed by atoms with Crippen molar-refractivity contribution < 1.29 is 19.1 Å². The van der Waals surface area contributed by atoms with Gasteiger partial charge in [-0.05, 0) is 48.4 Å². The molecular formula is C24H19ClN2O5S. The molecule has 0 amide bonds. The molecule has 1 atom stereocenters. The number of hydrogen-bond acceptors (Lipinski definition) is 7. The first-order valence-electron chi connectivity index (χ1n) is 9.93. The molecule has 168 valence electrons. The molecule has 3 aromatic rings. The van der Waals surface area contributed by atoms with Gasteiger partial charge in [-0.1, -0.05) is 47.2 Å². The van der Waals surface area contributed by atoms with Gasteiger partial charge >= 0.3 is 11.9 Å². The molecule has 7 nitrogen and oxygen atoms in total. The van der Waals surface area contributed by atoms with Crippen molar-refractivity contribution in [3.63, 3.8) is 0 Å². The standard InChI is InChI=1S/C24H19ClN2O5S/c1-13-20(23(30)31-3)21(16-7-9-17(25)10-8-16)27-22(29)19(33-24(27)26-13)12-15-5-4-6-18(11-15)32-14(2)28/h4-12,21H,1-3H3/b19-12+/t21-/m1/s1. The minimum Gasteiger partial charge on any atom is -0.466 e. The highest BCUT2D eigenvalue weighted by molar-refractivity contribution is 7.07. The van der Waals surface area contributed by atoms with E-state index in [4.69, 9.17) is 21.1 Å². The Bertz CT molecular complexity index is 1470. The van der Waals surface area contributed by atoms with Crippen molar-refractivity contribution >= 4 is 41.0 Å². The molecule has 2 aromatic carbocycles. The van der Waals surface area contributed by atoms with Crippen LogP contribution in [0.15, 0.2) is 69.6 Å². The number of hydrogen-bond donors (Lipinski definition) is 0. The van der Waals surface area contributed by atoms with Gasteiger partial charge in [-0.25, -0.2) is 9.79 Å². The maximum absolute atomic E-state index is 13.5. The lowest BCUT2D eigenvalue weighted by Crippen LogP contribution is -2.39. The number of carbonyl (C=O) groups excluding carboxylic acids is 2. The first kappa shape index (κ1) is 22.7. The largest absolute Gasteiger partial charge is 0.466 e. The lowest BCUT2D eigenvalue weighted by atomic mass is 9.96. The van der Waals surface area contributed by atoms with E-state index in [1.165, 1.54) is 29.9 Å². The third kappa shape index (κ3) is 4.53. The number of carbonyl (C=O) groups is 2. The van der Waals surface area contributed by atoms with Crippen molar-refractivity contribution in [2.45, 2.75) is 19.9 Å². The molecule has 2 heterocycles. The van der Waals surface area contributed by atoms with Gasteiger partial charge in [0.1, 0.15) is 5.75 Å². The van der Waals surface area contributed by atoms with E-state index in [1.54, 1.807) is 61.5 Å². The predicted octanol–water partition coefficient (Wildman–Crippen LogP) is 2.99. The third-order valence-electron chi connectivity index (χ3n) is 5.03. The van der Waals surface area contributed by atoms with Crippen LogP contribution in [0.3, 0.4) is 0 Å². The summed E-state index contributed by atoms with van der Waals surface area (Å²) in [4.78, 5) is 42.4. The van der Waals surface area contributed by atoms with Crippen molar-refractivity contribution in [2.24, 2.45) is 4.99 Å². The Morgan fingerprint density at radius 1 is 1.18 bits per heavy atom. The molecule has 0 N–H and O–H groups in total. The molecule has 0 saturated heterocycles. The highest BCUT2D eigenvalue weighted by Crippen LogP contribution is 2.31. The van der Waals surface area contributed by atoms with Gasteiger partial charge in [0.05, 0.1) is 29.0 Å². The van der Waals surface area contributed by atoms with E-state index in [-0.39, 0.29) is 11.1 Å². The SMILES string of the molecule is COC(=O)C1=C(C)N=c2s/c(=C/c3cccc(OC(C)=O)c3)c(=O)n2[C@@H]1c1ccc(Cl)cc1. The van der Waals surface area contributed by atoms with Crippen molar-refractivity contribution in [2.75, 3.05) is 7.11 Å². The molecule has 0 saturated carbocycles. The summed E-state index contributed by atoms with van der Waals surface area (Å²) in [6.07, 6.45) is 1.70. The summed E-state index contributed by atoms with van der Waals surface area (Å²) in [6.45, 7) is 3.04. The topological polar surface area (TPSA) is 87.0 Å². The van der Waals surface area contributed by atoms with Crippen LogP contribution in [0.4, 0.5) is 0 Å². The second-order valence-corrected chi connectivity index (χ2v) is 8.74. The van der Waals surface area contributed by atoms with Crippen molar-refractivity contribution in [3.05, 3.63) is 95.6 Å². The lowest BCUT2D eigenvalue weighted by Gasteiger charge is -2.24. The molecule has 0 fully saturated rings. The number of nitrogens with zero attached hydrogens (tertiary/aromatic N) is 2. The molecular weight excluding hydrogens is 464 g/mol. The smallest absolute Gasteiger partial charge is 0.338 e. The number of ether oxygens (including phenoxy) is 2. The quantitative estimate of drug-likeness (QED) is 0.421. The molecule has 0 spiro atoms. The maximum atomic E-state index is 13.5. The van der Waals surface area contributed by atoms with E-state index in [2.05, 4.69) is 4.99 Å². The minimum absolute atomic E-state index is 0.288. The Balaban J connectivity index is 1.91. The number of methoxy groups -OCH3 is 1. The average molecular weight is 483 g/mol. The number of esters is 2. The number of aromatic nitrogens is 1. The molecule has 4 rings (SSSR count). The molecule has 1 aliphatic rings. The number of rotatable bonds is 4. The Morgan fingerprint density at radius 2 is 1.91 bits per heavy atom. The second-order valence-electron chi connectivity index (χ2n) is 7.29. The summed E-state index contributed by atoms with van der Waals surface area (Å²) in [5.74, 6) is -0.605. The molecule has 1 aliphatic heterocycles. The number of thiazole rings is 1. The van der Waals surface area contributed by atoms with Crippen LogP contribution in [0.2, 0.25) is 5.02 Å². The van der Waals surface area contributed by atoms with Crippen LogP contribution in [0, 0.1) is 0 Å². The van der Waals surface area contributed by atoms with Crippen molar-refractivity contribution in [1.82, 2.24) is 4.57 Å². The van der Waals surface area contributed by atoms with Crippen LogP contribution >= 0.6 is 22.9 Å². The van der Waals surface area contributed by atoms with E-state index in [1.807, 2.05) is 0 Å². The van der Waals surface area contributed by atoms with Gasteiger partial charge < -0.3 is 9.47 Å². The zero-order valence-corrected chi connectivity index (χ0v) is 19.6. The van der Waals surface area contributed by atoms with Crippen LogP contribution in [-0.4, -0.2) is 23.6 Å². The minimum atomic E-state index is -0.708. The van der Waals surface area contributed by atoms with Gasteiger partial charge in [-0.2, -0.15) is 0 Å². The zero-order chi connectivity index (χ0) is 23.7. The van der Waals surface area contributed by atoms with Crippen LogP contribution in [-0.2, 0) is 14.3 Å². The van der Waals surface area contributed by atoms with Crippen LogP contribution in [0.1, 0.15) is 31.0 Å². The first-order chi connectivity index (χ1) is 15.8. The second kappa shape index (κ2) is 9.17. The summed E-state index contributed by atoms with van der Waals surface area (Å²) >= 11 is 7.26. The summed E-state index contributed by atoms with van der Waals surface area (Å²) < 4.78 is 12.0. The first-order valence-corrected chi connectivity index (χ1v) is 11.1. The Morgan fingerprint density at radius 3 is 2.58 bits per heavy atom. The summed E-state index contributed by atoms with van der Waals surface area (Å²) in [6, 6.07) is 13.1. The van der Waals surface area contributed by atoms with E-state index in [0.29, 0.717) is 36.9 Å². The highest BCUT2D eigenvalue weighted by atomic mass is 35.5. The van der Waals surface area contributed by atoms with Crippen LogP contribution in [0.25, 0.3) is 6.08 Å². The fraction of sp³-hybridized carbons (Fsp3) is 0.167. The summed E-state index contributed by atoms with van der Waals surface area (Å²) in [5.41, 5.74) is 1.86. The Kier molecular flexibility index (Phi) is 6.31. The van der Waals surface area contributed by atoms with Gasteiger partial charge in [0.25, 0.3) is 5.56 Å². The molecule has 33 heavy (non-hydrogen) atoms. The molecule has 1 aromatic heterocycles. The van der Waals surface area contributed by atoms with Gasteiger partial charge in [0.15, 0.2) is 4.80 Å². The monoisotopic (exact) mass is 482 g/mol. The van der Waals surface area contributed by atoms with Crippen molar-refractivity contribution in [1.29, 1.82) is 0 Å². The number of halogens is 1. The summed E-state index contributed by atoms with van der Waals surface area (Å²) in [5, 5.41) is 0.541. The van der Waals surface area contributed by atoms with E-state index < -0.39 is 18.0 Å². The van der Waals surface area contributed by atoms with Gasteiger partial charge in [0, 0.05) is 11.9 Å². The molecule has 0 bridgehead atoms. The van der Waals surface area contributed by atoms with Gasteiger partial charge in [-0.3, -0.25) is 14.2 Å². The zero-order valence-electron chi connectivity index (χ0n) is 18.0. The van der Waals surface area contributed by atoms with E-state index in [0.717, 1.165) is 0 Å². The van der Waals surface area contributed by atoms with E-state index in [9.17, 15) is 14.4 Å². The van der Waals surface area contributed by atoms with Gasteiger partial charge in [0.2, 0.25) is 0 Å². The van der Waals surface area contributed by atoms with Crippen LogP contribution in [0.5, 0.6) is 5.75 Å².